The molecule has 1 aromatic carbocycles. The zero-order valence-corrected chi connectivity index (χ0v) is 14.3. The highest BCUT2D eigenvalue weighted by Gasteiger charge is 2.19. The van der Waals surface area contributed by atoms with Crippen LogP contribution in [0.5, 0.6) is 0 Å². The van der Waals surface area contributed by atoms with Gasteiger partial charge in [0.2, 0.25) is 5.91 Å². The molecule has 1 amide bonds. The van der Waals surface area contributed by atoms with Crippen LogP contribution in [0.3, 0.4) is 0 Å². The average molecular weight is 348 g/mol. The van der Waals surface area contributed by atoms with Crippen molar-refractivity contribution in [2.45, 2.75) is 19.4 Å². The fourth-order valence-corrected chi connectivity index (χ4v) is 2.56. The summed E-state index contributed by atoms with van der Waals surface area (Å²) < 4.78 is 26.3. The molecule has 1 saturated heterocycles. The molecule has 1 aliphatic rings. The molecule has 130 valence electrons. The SMILES string of the molecule is CC(c1ccc(F)c(F)c1)N(C)CCC(=O)N1CCNCC1.Cl. The van der Waals surface area contributed by atoms with Crippen LogP contribution in [0.4, 0.5) is 8.78 Å². The summed E-state index contributed by atoms with van der Waals surface area (Å²) in [6.45, 7) is 5.69. The second kappa shape index (κ2) is 9.15. The number of amides is 1. The maximum absolute atomic E-state index is 13.3. The van der Waals surface area contributed by atoms with Gasteiger partial charge in [-0.05, 0) is 31.7 Å². The van der Waals surface area contributed by atoms with Crippen molar-refractivity contribution in [1.82, 2.24) is 15.1 Å². The first kappa shape index (κ1) is 19.8. The Morgan fingerprint density at radius 3 is 2.57 bits per heavy atom. The van der Waals surface area contributed by atoms with Gasteiger partial charge in [0.15, 0.2) is 11.6 Å². The molecule has 1 heterocycles. The minimum Gasteiger partial charge on any atom is -0.340 e. The first-order valence-corrected chi connectivity index (χ1v) is 7.62. The van der Waals surface area contributed by atoms with E-state index in [9.17, 15) is 13.6 Å². The minimum absolute atomic E-state index is 0. The van der Waals surface area contributed by atoms with Gasteiger partial charge in [0.25, 0.3) is 0 Å². The summed E-state index contributed by atoms with van der Waals surface area (Å²) >= 11 is 0. The standard InChI is InChI=1S/C16H23F2N3O.ClH/c1-12(13-3-4-14(17)15(18)11-13)20(2)8-5-16(22)21-9-6-19-7-10-21;/h3-4,11-12,19H,5-10H2,1-2H3;1H. The van der Waals surface area contributed by atoms with Crippen molar-refractivity contribution in [3.63, 3.8) is 0 Å². The molecule has 0 saturated carbocycles. The van der Waals surface area contributed by atoms with E-state index in [-0.39, 0.29) is 24.4 Å². The van der Waals surface area contributed by atoms with E-state index in [0.717, 1.165) is 32.2 Å². The van der Waals surface area contributed by atoms with E-state index in [1.165, 1.54) is 6.07 Å². The highest BCUT2D eigenvalue weighted by atomic mass is 35.5. The zero-order chi connectivity index (χ0) is 16.1. The molecular weight excluding hydrogens is 324 g/mol. The Bertz CT molecular complexity index is 524. The van der Waals surface area contributed by atoms with Crippen LogP contribution in [0, 0.1) is 11.6 Å². The van der Waals surface area contributed by atoms with E-state index in [1.807, 2.05) is 23.8 Å². The summed E-state index contributed by atoms with van der Waals surface area (Å²) in [6, 6.07) is 3.86. The quantitative estimate of drug-likeness (QED) is 0.887. The second-order valence-electron chi connectivity index (χ2n) is 5.71. The van der Waals surface area contributed by atoms with E-state index >= 15 is 0 Å². The number of benzene rings is 1. The first-order chi connectivity index (χ1) is 10.5. The van der Waals surface area contributed by atoms with Crippen molar-refractivity contribution in [3.8, 4) is 0 Å². The molecule has 7 heteroatoms. The number of nitrogens with zero attached hydrogens (tertiary/aromatic N) is 2. The van der Waals surface area contributed by atoms with Crippen LogP contribution < -0.4 is 5.32 Å². The maximum atomic E-state index is 13.3. The zero-order valence-electron chi connectivity index (χ0n) is 13.5. The Morgan fingerprint density at radius 2 is 1.96 bits per heavy atom. The van der Waals surface area contributed by atoms with Crippen LogP contribution in [-0.4, -0.2) is 55.5 Å². The Balaban J connectivity index is 0.00000264. The average Bonchev–Trinajstić information content (AvgIpc) is 2.55. The third-order valence-corrected chi connectivity index (χ3v) is 4.24. The highest BCUT2D eigenvalue weighted by molar-refractivity contribution is 5.85. The molecule has 1 fully saturated rings. The summed E-state index contributed by atoms with van der Waals surface area (Å²) in [5.74, 6) is -1.53. The predicted octanol–water partition coefficient (Wildman–Crippen LogP) is 2.20. The monoisotopic (exact) mass is 347 g/mol. The van der Waals surface area contributed by atoms with Crippen molar-refractivity contribution in [2.75, 3.05) is 39.8 Å². The number of rotatable bonds is 5. The normalized spacial score (nSPS) is 16.1. The molecule has 0 bridgehead atoms. The molecule has 0 radical (unpaired) electrons. The van der Waals surface area contributed by atoms with E-state index in [4.69, 9.17) is 0 Å². The van der Waals surface area contributed by atoms with Crippen LogP contribution in [0.1, 0.15) is 24.9 Å². The van der Waals surface area contributed by atoms with E-state index in [1.54, 1.807) is 6.07 Å². The molecule has 0 aromatic heterocycles. The maximum Gasteiger partial charge on any atom is 0.223 e. The molecule has 1 unspecified atom stereocenters. The number of carbonyl (C=O) groups is 1. The number of hydrogen-bond donors (Lipinski definition) is 1. The predicted molar refractivity (Wildman–Crippen MR) is 88.7 cm³/mol. The summed E-state index contributed by atoms with van der Waals surface area (Å²) in [7, 11) is 1.89. The van der Waals surface area contributed by atoms with Gasteiger partial charge in [0.05, 0.1) is 0 Å². The molecular formula is C16H24ClF2N3O. The van der Waals surface area contributed by atoms with Gasteiger partial charge in [0.1, 0.15) is 0 Å². The molecule has 2 rings (SSSR count). The summed E-state index contributed by atoms with van der Waals surface area (Å²) in [5, 5.41) is 3.21. The Kier molecular flexibility index (Phi) is 7.88. The molecule has 0 spiro atoms. The van der Waals surface area contributed by atoms with Crippen molar-refractivity contribution >= 4 is 18.3 Å². The lowest BCUT2D eigenvalue weighted by molar-refractivity contribution is -0.132. The third kappa shape index (κ3) is 5.41. The lowest BCUT2D eigenvalue weighted by Gasteiger charge is -2.29. The van der Waals surface area contributed by atoms with Crippen molar-refractivity contribution in [1.29, 1.82) is 0 Å². The number of carbonyl (C=O) groups excluding carboxylic acids is 1. The van der Waals surface area contributed by atoms with Gasteiger partial charge < -0.3 is 10.2 Å². The number of piperazine rings is 1. The van der Waals surface area contributed by atoms with Crippen molar-refractivity contribution in [3.05, 3.63) is 35.4 Å². The number of hydrogen-bond acceptors (Lipinski definition) is 3. The van der Waals surface area contributed by atoms with E-state index in [2.05, 4.69) is 5.32 Å². The lowest BCUT2D eigenvalue weighted by atomic mass is 10.1. The van der Waals surface area contributed by atoms with Gasteiger partial charge in [-0.2, -0.15) is 0 Å². The fourth-order valence-electron chi connectivity index (χ4n) is 2.56. The van der Waals surface area contributed by atoms with E-state index in [0.29, 0.717) is 18.5 Å². The summed E-state index contributed by atoms with van der Waals surface area (Å²) in [6.07, 6.45) is 0.435. The Hall–Kier alpha value is -1.24. The van der Waals surface area contributed by atoms with Gasteiger partial charge in [-0.3, -0.25) is 9.69 Å². The molecule has 23 heavy (non-hydrogen) atoms. The highest BCUT2D eigenvalue weighted by Crippen LogP contribution is 2.21. The van der Waals surface area contributed by atoms with Gasteiger partial charge in [-0.15, -0.1) is 12.4 Å². The Labute approximate surface area is 142 Å². The number of halogens is 3. The molecule has 1 aromatic rings. The Morgan fingerprint density at radius 1 is 1.30 bits per heavy atom. The van der Waals surface area contributed by atoms with Crippen LogP contribution in [0.2, 0.25) is 0 Å². The van der Waals surface area contributed by atoms with Crippen molar-refractivity contribution < 1.29 is 13.6 Å². The molecule has 1 atom stereocenters. The fraction of sp³-hybridized carbons (Fsp3) is 0.562. The van der Waals surface area contributed by atoms with Gasteiger partial charge in [-0.25, -0.2) is 8.78 Å². The summed E-state index contributed by atoms with van der Waals surface area (Å²) in [5.41, 5.74) is 0.705. The van der Waals surface area contributed by atoms with Crippen LogP contribution in [-0.2, 0) is 4.79 Å². The van der Waals surface area contributed by atoms with Crippen LogP contribution in [0.15, 0.2) is 18.2 Å². The topological polar surface area (TPSA) is 35.6 Å². The van der Waals surface area contributed by atoms with Crippen LogP contribution >= 0.6 is 12.4 Å². The first-order valence-electron chi connectivity index (χ1n) is 7.62. The largest absolute Gasteiger partial charge is 0.340 e. The van der Waals surface area contributed by atoms with Crippen LogP contribution in [0.25, 0.3) is 0 Å². The van der Waals surface area contributed by atoms with Gasteiger partial charge in [-0.1, -0.05) is 6.07 Å². The molecule has 0 aliphatic carbocycles. The second-order valence-corrected chi connectivity index (χ2v) is 5.71. The van der Waals surface area contributed by atoms with Crippen molar-refractivity contribution in [2.24, 2.45) is 0 Å². The third-order valence-electron chi connectivity index (χ3n) is 4.24. The molecule has 1 aliphatic heterocycles. The lowest BCUT2D eigenvalue weighted by Crippen LogP contribution is -2.47. The molecule has 4 nitrogen and oxygen atoms in total. The minimum atomic E-state index is -0.840. The van der Waals surface area contributed by atoms with Gasteiger partial charge >= 0.3 is 0 Å². The van der Waals surface area contributed by atoms with E-state index < -0.39 is 11.6 Å². The van der Waals surface area contributed by atoms with Gasteiger partial charge in [0, 0.05) is 45.2 Å². The smallest absolute Gasteiger partial charge is 0.223 e. The molecule has 1 N–H and O–H groups in total. The summed E-state index contributed by atoms with van der Waals surface area (Å²) in [4.78, 5) is 16.0. The number of nitrogens with one attached hydrogen (secondary N) is 1.